The number of nitrogens with zero attached hydrogens (tertiary/aromatic N) is 2. The van der Waals surface area contributed by atoms with E-state index in [9.17, 15) is 4.79 Å². The highest BCUT2D eigenvalue weighted by Crippen LogP contribution is 2.13. The van der Waals surface area contributed by atoms with E-state index in [2.05, 4.69) is 16.4 Å². The monoisotopic (exact) mass is 281 g/mol. The second kappa shape index (κ2) is 6.53. The van der Waals surface area contributed by atoms with Gasteiger partial charge in [-0.2, -0.15) is 5.26 Å². The van der Waals surface area contributed by atoms with Crippen LogP contribution in [0.5, 0.6) is 0 Å². The van der Waals surface area contributed by atoms with Gasteiger partial charge in [0.05, 0.1) is 17.2 Å². The summed E-state index contributed by atoms with van der Waals surface area (Å²) in [6.45, 7) is 2.45. The molecule has 2 rings (SSSR count). The van der Waals surface area contributed by atoms with Crippen LogP contribution >= 0.6 is 0 Å². The molecule has 0 fully saturated rings. The van der Waals surface area contributed by atoms with Gasteiger partial charge < -0.3 is 10.4 Å². The van der Waals surface area contributed by atoms with Gasteiger partial charge in [0.15, 0.2) is 0 Å². The fourth-order valence-electron chi connectivity index (χ4n) is 1.87. The summed E-state index contributed by atoms with van der Waals surface area (Å²) in [5, 5.41) is 20.9. The van der Waals surface area contributed by atoms with Crippen LogP contribution < -0.4 is 5.32 Å². The van der Waals surface area contributed by atoms with Gasteiger partial charge in [0.1, 0.15) is 5.82 Å². The Balaban J connectivity index is 2.13. The lowest BCUT2D eigenvalue weighted by molar-refractivity contribution is 0.0696. The lowest BCUT2D eigenvalue weighted by Crippen LogP contribution is -2.06. The van der Waals surface area contributed by atoms with E-state index in [1.54, 1.807) is 18.2 Å². The van der Waals surface area contributed by atoms with Crippen molar-refractivity contribution in [3.8, 4) is 6.07 Å². The number of nitriles is 1. The van der Waals surface area contributed by atoms with Crippen LogP contribution in [0.1, 0.15) is 34.1 Å². The maximum Gasteiger partial charge on any atom is 0.335 e. The number of aryl methyl sites for hydroxylation is 1. The van der Waals surface area contributed by atoms with Crippen LogP contribution in [0.4, 0.5) is 5.82 Å². The number of benzene rings is 1. The SMILES string of the molecule is CCc1cc(C(=O)O)cc(NCc2ccc(C#N)cc2)n1. The van der Waals surface area contributed by atoms with E-state index < -0.39 is 5.97 Å². The molecule has 0 bridgehead atoms. The molecule has 1 aromatic carbocycles. The molecule has 0 unspecified atom stereocenters. The number of hydrogen-bond acceptors (Lipinski definition) is 4. The Labute approximate surface area is 122 Å². The smallest absolute Gasteiger partial charge is 0.335 e. The topological polar surface area (TPSA) is 86.0 Å². The number of aromatic nitrogens is 1. The van der Waals surface area contributed by atoms with E-state index in [1.807, 2.05) is 19.1 Å². The molecule has 0 amide bonds. The molecule has 5 heteroatoms. The van der Waals surface area contributed by atoms with Gasteiger partial charge in [-0.15, -0.1) is 0 Å². The highest BCUT2D eigenvalue weighted by molar-refractivity contribution is 5.88. The second-order valence-corrected chi connectivity index (χ2v) is 4.55. The Morgan fingerprint density at radius 3 is 2.62 bits per heavy atom. The summed E-state index contributed by atoms with van der Waals surface area (Å²) in [4.78, 5) is 15.4. The van der Waals surface area contributed by atoms with Crippen LogP contribution in [0.25, 0.3) is 0 Å². The molecule has 21 heavy (non-hydrogen) atoms. The normalized spacial score (nSPS) is 9.90. The molecule has 0 aliphatic carbocycles. The highest BCUT2D eigenvalue weighted by atomic mass is 16.4. The molecule has 1 heterocycles. The van der Waals surface area contributed by atoms with Crippen LogP contribution in [-0.4, -0.2) is 16.1 Å². The standard InChI is InChI=1S/C16H15N3O2/c1-2-14-7-13(16(20)21)8-15(19-14)18-10-12-5-3-11(9-17)4-6-12/h3-8H,2,10H2,1H3,(H,18,19)(H,20,21). The third kappa shape index (κ3) is 3.80. The van der Waals surface area contributed by atoms with Gasteiger partial charge >= 0.3 is 5.97 Å². The number of anilines is 1. The first-order valence-electron chi connectivity index (χ1n) is 6.59. The minimum absolute atomic E-state index is 0.226. The highest BCUT2D eigenvalue weighted by Gasteiger charge is 2.07. The van der Waals surface area contributed by atoms with Crippen molar-refractivity contribution in [1.29, 1.82) is 5.26 Å². The average Bonchev–Trinajstić information content (AvgIpc) is 2.53. The van der Waals surface area contributed by atoms with Gasteiger partial charge in [-0.3, -0.25) is 0 Å². The van der Waals surface area contributed by atoms with E-state index >= 15 is 0 Å². The number of carboxylic acid groups (broad SMARTS) is 1. The number of carbonyl (C=O) groups is 1. The van der Waals surface area contributed by atoms with E-state index in [-0.39, 0.29) is 5.56 Å². The fraction of sp³-hybridized carbons (Fsp3) is 0.188. The van der Waals surface area contributed by atoms with Crippen LogP contribution in [0.3, 0.4) is 0 Å². The van der Waals surface area contributed by atoms with Gasteiger partial charge in [-0.05, 0) is 36.2 Å². The van der Waals surface area contributed by atoms with Crippen LogP contribution in [0.2, 0.25) is 0 Å². The maximum atomic E-state index is 11.1. The fourth-order valence-corrected chi connectivity index (χ4v) is 1.87. The van der Waals surface area contributed by atoms with E-state index in [0.29, 0.717) is 24.3 Å². The molecule has 0 spiro atoms. The van der Waals surface area contributed by atoms with Crippen LogP contribution in [-0.2, 0) is 13.0 Å². The Morgan fingerprint density at radius 2 is 2.05 bits per heavy atom. The molecule has 0 atom stereocenters. The van der Waals surface area contributed by atoms with Gasteiger partial charge in [0, 0.05) is 12.2 Å². The van der Waals surface area contributed by atoms with Gasteiger partial charge in [0.2, 0.25) is 0 Å². The predicted molar refractivity (Wildman–Crippen MR) is 79.1 cm³/mol. The molecule has 0 radical (unpaired) electrons. The Kier molecular flexibility index (Phi) is 4.52. The summed E-state index contributed by atoms with van der Waals surface area (Å²) in [5.74, 6) is -0.426. The van der Waals surface area contributed by atoms with E-state index in [1.165, 1.54) is 6.07 Å². The van der Waals surface area contributed by atoms with Crippen molar-refractivity contribution in [2.45, 2.75) is 19.9 Å². The van der Waals surface area contributed by atoms with Crippen LogP contribution in [0, 0.1) is 11.3 Å². The van der Waals surface area contributed by atoms with Gasteiger partial charge in [-0.25, -0.2) is 9.78 Å². The minimum Gasteiger partial charge on any atom is -0.478 e. The predicted octanol–water partition coefficient (Wildman–Crippen LogP) is 2.83. The molecule has 0 aliphatic rings. The van der Waals surface area contributed by atoms with Crippen molar-refractivity contribution < 1.29 is 9.90 Å². The molecule has 0 aliphatic heterocycles. The zero-order valence-electron chi connectivity index (χ0n) is 11.6. The first-order valence-corrected chi connectivity index (χ1v) is 6.59. The first kappa shape index (κ1) is 14.5. The number of hydrogen-bond donors (Lipinski definition) is 2. The number of nitrogens with one attached hydrogen (secondary N) is 1. The molecule has 106 valence electrons. The van der Waals surface area contributed by atoms with Crippen molar-refractivity contribution in [2.75, 3.05) is 5.32 Å². The lowest BCUT2D eigenvalue weighted by Gasteiger charge is -2.08. The molecule has 0 saturated heterocycles. The third-order valence-electron chi connectivity index (χ3n) is 3.04. The van der Waals surface area contributed by atoms with Crippen LogP contribution in [0.15, 0.2) is 36.4 Å². The summed E-state index contributed by atoms with van der Waals surface area (Å²) in [6.07, 6.45) is 0.673. The zero-order chi connectivity index (χ0) is 15.2. The molecule has 5 nitrogen and oxygen atoms in total. The Morgan fingerprint density at radius 1 is 1.33 bits per heavy atom. The summed E-state index contributed by atoms with van der Waals surface area (Å²) in [6, 6.07) is 12.4. The molecular formula is C16H15N3O2. The zero-order valence-corrected chi connectivity index (χ0v) is 11.6. The Bertz CT molecular complexity index is 688. The minimum atomic E-state index is -0.964. The number of aromatic carboxylic acids is 1. The van der Waals surface area contributed by atoms with E-state index in [4.69, 9.17) is 10.4 Å². The quantitative estimate of drug-likeness (QED) is 0.880. The number of carboxylic acids is 1. The van der Waals surface area contributed by atoms with Crippen molar-refractivity contribution in [2.24, 2.45) is 0 Å². The summed E-state index contributed by atoms with van der Waals surface area (Å²) in [5.41, 5.74) is 2.56. The molecule has 0 saturated carbocycles. The molecule has 1 aromatic heterocycles. The summed E-state index contributed by atoms with van der Waals surface area (Å²) in [7, 11) is 0. The van der Waals surface area contributed by atoms with E-state index in [0.717, 1.165) is 11.3 Å². The van der Waals surface area contributed by atoms with Crippen molar-refractivity contribution in [3.63, 3.8) is 0 Å². The molecule has 2 aromatic rings. The lowest BCUT2D eigenvalue weighted by atomic mass is 10.1. The van der Waals surface area contributed by atoms with Crippen molar-refractivity contribution >= 4 is 11.8 Å². The third-order valence-corrected chi connectivity index (χ3v) is 3.04. The number of rotatable bonds is 5. The maximum absolute atomic E-state index is 11.1. The number of pyridine rings is 1. The van der Waals surface area contributed by atoms with Crippen molar-refractivity contribution in [3.05, 3.63) is 58.8 Å². The Hall–Kier alpha value is -2.87. The second-order valence-electron chi connectivity index (χ2n) is 4.55. The summed E-state index contributed by atoms with van der Waals surface area (Å²) < 4.78 is 0. The molecular weight excluding hydrogens is 266 g/mol. The first-order chi connectivity index (χ1) is 10.1. The molecule has 2 N–H and O–H groups in total. The van der Waals surface area contributed by atoms with Gasteiger partial charge in [-0.1, -0.05) is 19.1 Å². The van der Waals surface area contributed by atoms with Crippen molar-refractivity contribution in [1.82, 2.24) is 4.98 Å². The largest absolute Gasteiger partial charge is 0.478 e. The average molecular weight is 281 g/mol. The summed E-state index contributed by atoms with van der Waals surface area (Å²) >= 11 is 0. The van der Waals surface area contributed by atoms with Gasteiger partial charge in [0.25, 0.3) is 0 Å².